The Morgan fingerprint density at radius 1 is 1.62 bits per heavy atom. The Morgan fingerprint density at radius 2 is 2.23 bits per heavy atom. The molecule has 0 unspecified atom stereocenters. The summed E-state index contributed by atoms with van der Waals surface area (Å²) in [5.74, 6) is 0.0161. The molecule has 0 saturated heterocycles. The van der Waals surface area contributed by atoms with Crippen molar-refractivity contribution in [3.05, 3.63) is 11.2 Å². The molecule has 1 aliphatic rings. The predicted molar refractivity (Wildman–Crippen MR) is 49.7 cm³/mol. The zero-order chi connectivity index (χ0) is 10.1. The lowest BCUT2D eigenvalue weighted by Crippen LogP contribution is -2.18. The lowest BCUT2D eigenvalue weighted by atomic mass is 10.5. The molecule has 5 nitrogen and oxygen atoms in total. The normalized spacial score (nSPS) is 20.2. The zero-order valence-corrected chi connectivity index (χ0v) is 8.34. The lowest BCUT2D eigenvalue weighted by Gasteiger charge is -2.05. The Morgan fingerprint density at radius 3 is 2.62 bits per heavy atom. The van der Waals surface area contributed by atoms with Gasteiger partial charge in [0, 0.05) is 0 Å². The van der Waals surface area contributed by atoms with Gasteiger partial charge in [0.05, 0.1) is 11.5 Å². The Balaban J connectivity index is 2.70. The van der Waals surface area contributed by atoms with Crippen molar-refractivity contribution in [2.75, 3.05) is 6.61 Å². The van der Waals surface area contributed by atoms with Gasteiger partial charge in [-0.2, -0.15) is 0 Å². The molecule has 0 spiro atoms. The molecule has 0 aromatic heterocycles. The monoisotopic (exact) mass is 204 g/mol. The fourth-order valence-electron chi connectivity index (χ4n) is 0.813. The summed E-state index contributed by atoms with van der Waals surface area (Å²) in [6.07, 6.45) is -0.0280. The van der Waals surface area contributed by atoms with Crippen molar-refractivity contribution in [2.45, 2.75) is 20.0 Å². The number of ether oxygens (including phenoxy) is 1. The van der Waals surface area contributed by atoms with Crippen molar-refractivity contribution in [1.82, 2.24) is 0 Å². The van der Waals surface area contributed by atoms with Crippen LogP contribution in [0.2, 0.25) is 0 Å². The molecule has 0 atom stereocenters. The predicted octanol–water partition coefficient (Wildman–Crippen LogP) is -0.00410. The number of hydrogen-bond acceptors (Lipinski definition) is 5. The molecule has 1 heterocycles. The topological polar surface area (TPSA) is 81.8 Å². The minimum Gasteiger partial charge on any atom is -0.383 e. The SMILES string of the molecule is CC(C)OCC1=NC(N)=CS1(=O)=O. The van der Waals surface area contributed by atoms with Crippen LogP contribution in [0.3, 0.4) is 0 Å². The van der Waals surface area contributed by atoms with E-state index in [0.717, 1.165) is 5.41 Å². The van der Waals surface area contributed by atoms with Gasteiger partial charge in [-0.3, -0.25) is 0 Å². The highest BCUT2D eigenvalue weighted by atomic mass is 32.2. The van der Waals surface area contributed by atoms with Crippen LogP contribution in [0.1, 0.15) is 13.8 Å². The molecular weight excluding hydrogens is 192 g/mol. The van der Waals surface area contributed by atoms with E-state index in [1.807, 2.05) is 13.8 Å². The molecule has 0 radical (unpaired) electrons. The van der Waals surface area contributed by atoms with E-state index < -0.39 is 9.84 Å². The number of hydrogen-bond donors (Lipinski definition) is 1. The van der Waals surface area contributed by atoms with Crippen molar-refractivity contribution in [3.63, 3.8) is 0 Å². The molecule has 0 fully saturated rings. The van der Waals surface area contributed by atoms with Crippen LogP contribution in [-0.2, 0) is 14.6 Å². The first kappa shape index (κ1) is 10.2. The summed E-state index contributed by atoms with van der Waals surface area (Å²) in [5.41, 5.74) is 5.25. The summed E-state index contributed by atoms with van der Waals surface area (Å²) in [6.45, 7) is 3.62. The van der Waals surface area contributed by atoms with E-state index in [9.17, 15) is 8.42 Å². The maximum atomic E-state index is 11.2. The Labute approximate surface area is 77.2 Å². The molecule has 13 heavy (non-hydrogen) atoms. The first-order valence-electron chi connectivity index (χ1n) is 3.83. The standard InChI is InChI=1S/C7H12N2O3S/c1-5(2)12-3-7-9-6(8)4-13(7,10)11/h4-5H,3,8H2,1-2H3. The molecule has 74 valence electrons. The smallest absolute Gasteiger partial charge is 0.219 e. The molecular formula is C7H12N2O3S. The first-order valence-corrected chi connectivity index (χ1v) is 5.38. The maximum Gasteiger partial charge on any atom is 0.219 e. The van der Waals surface area contributed by atoms with Crippen LogP contribution in [0.15, 0.2) is 16.2 Å². The number of nitrogens with zero attached hydrogens (tertiary/aromatic N) is 1. The molecule has 1 rings (SSSR count). The van der Waals surface area contributed by atoms with E-state index in [2.05, 4.69) is 4.99 Å². The van der Waals surface area contributed by atoms with Crippen molar-refractivity contribution < 1.29 is 13.2 Å². The van der Waals surface area contributed by atoms with E-state index in [0.29, 0.717) is 0 Å². The summed E-state index contributed by atoms with van der Waals surface area (Å²) < 4.78 is 27.5. The number of nitrogens with two attached hydrogens (primary N) is 1. The molecule has 0 aromatic rings. The van der Waals surface area contributed by atoms with E-state index >= 15 is 0 Å². The van der Waals surface area contributed by atoms with Gasteiger partial charge in [0.1, 0.15) is 12.4 Å². The van der Waals surface area contributed by atoms with Gasteiger partial charge in [-0.15, -0.1) is 0 Å². The highest BCUT2D eigenvalue weighted by Crippen LogP contribution is 2.10. The zero-order valence-electron chi connectivity index (χ0n) is 7.52. The fraction of sp³-hybridized carbons (Fsp3) is 0.571. The minimum absolute atomic E-state index is 0.0151. The second kappa shape index (κ2) is 3.47. The summed E-state index contributed by atoms with van der Waals surface area (Å²) in [6, 6.07) is 0. The highest BCUT2D eigenvalue weighted by Gasteiger charge is 2.23. The number of aliphatic imine (C=N–C) groups is 1. The molecule has 0 saturated carbocycles. The van der Waals surface area contributed by atoms with Gasteiger partial charge in [0.2, 0.25) is 9.84 Å². The fourth-order valence-corrected chi connectivity index (χ4v) is 1.78. The van der Waals surface area contributed by atoms with E-state index in [4.69, 9.17) is 10.5 Å². The van der Waals surface area contributed by atoms with Crippen molar-refractivity contribution in [1.29, 1.82) is 0 Å². The quantitative estimate of drug-likeness (QED) is 0.701. The van der Waals surface area contributed by atoms with E-state index in [-0.39, 0.29) is 23.6 Å². The Hall–Kier alpha value is -0.880. The van der Waals surface area contributed by atoms with E-state index in [1.165, 1.54) is 0 Å². The van der Waals surface area contributed by atoms with E-state index in [1.54, 1.807) is 0 Å². The molecule has 0 aromatic carbocycles. The van der Waals surface area contributed by atoms with Crippen molar-refractivity contribution in [3.8, 4) is 0 Å². The summed E-state index contributed by atoms with van der Waals surface area (Å²) >= 11 is 0. The van der Waals surface area contributed by atoms with Crippen LogP contribution in [0.4, 0.5) is 0 Å². The highest BCUT2D eigenvalue weighted by molar-refractivity contribution is 8.09. The summed E-state index contributed by atoms with van der Waals surface area (Å²) in [4.78, 5) is 3.66. The van der Waals surface area contributed by atoms with Gasteiger partial charge in [-0.1, -0.05) is 0 Å². The van der Waals surface area contributed by atoms with Gasteiger partial charge >= 0.3 is 0 Å². The number of sulfone groups is 1. The Kier molecular flexibility index (Phi) is 2.72. The average molecular weight is 204 g/mol. The molecule has 0 amide bonds. The van der Waals surface area contributed by atoms with Gasteiger partial charge in [-0.05, 0) is 13.8 Å². The second-order valence-electron chi connectivity index (χ2n) is 2.95. The van der Waals surface area contributed by atoms with Crippen LogP contribution >= 0.6 is 0 Å². The van der Waals surface area contributed by atoms with Gasteiger partial charge in [0.15, 0.2) is 5.04 Å². The Bertz CT molecular complexity index is 354. The van der Waals surface area contributed by atoms with Crippen LogP contribution in [0.25, 0.3) is 0 Å². The largest absolute Gasteiger partial charge is 0.383 e. The first-order chi connectivity index (χ1) is 5.92. The van der Waals surface area contributed by atoms with Crippen LogP contribution in [-0.4, -0.2) is 26.2 Å². The van der Waals surface area contributed by atoms with Gasteiger partial charge < -0.3 is 10.5 Å². The van der Waals surface area contributed by atoms with Crippen LogP contribution in [0.5, 0.6) is 0 Å². The van der Waals surface area contributed by atoms with Crippen molar-refractivity contribution in [2.24, 2.45) is 10.7 Å². The summed E-state index contributed by atoms with van der Waals surface area (Å²) in [5, 5.41) is 0.921. The minimum atomic E-state index is -3.39. The van der Waals surface area contributed by atoms with Crippen LogP contribution < -0.4 is 5.73 Å². The van der Waals surface area contributed by atoms with Crippen molar-refractivity contribution >= 4 is 14.9 Å². The molecule has 1 aliphatic heterocycles. The third kappa shape index (κ3) is 2.53. The second-order valence-corrected chi connectivity index (χ2v) is 4.75. The third-order valence-electron chi connectivity index (χ3n) is 1.40. The number of rotatable bonds is 3. The van der Waals surface area contributed by atoms with Gasteiger partial charge in [-0.25, -0.2) is 13.4 Å². The molecule has 2 N–H and O–H groups in total. The lowest BCUT2D eigenvalue weighted by molar-refractivity contribution is 0.112. The third-order valence-corrected chi connectivity index (χ3v) is 2.82. The molecule has 0 bridgehead atoms. The summed E-state index contributed by atoms with van der Waals surface area (Å²) in [7, 11) is -3.39. The van der Waals surface area contributed by atoms with Gasteiger partial charge in [0.25, 0.3) is 0 Å². The average Bonchev–Trinajstić information content (AvgIpc) is 2.19. The van der Waals surface area contributed by atoms with Crippen LogP contribution in [0, 0.1) is 0 Å². The molecule has 6 heteroatoms. The maximum absolute atomic E-state index is 11.2. The molecule has 0 aliphatic carbocycles.